The minimum atomic E-state index is -0.781. The highest BCUT2D eigenvalue weighted by Gasteiger charge is 2.14. The maximum absolute atomic E-state index is 10.8. The van der Waals surface area contributed by atoms with Crippen molar-refractivity contribution >= 4 is 17.7 Å². The first-order valence-corrected chi connectivity index (χ1v) is 6.24. The lowest BCUT2D eigenvalue weighted by molar-refractivity contribution is -0.141. The molecule has 0 amide bonds. The van der Waals surface area contributed by atoms with Crippen LogP contribution in [0.4, 0.5) is 0 Å². The van der Waals surface area contributed by atoms with Crippen molar-refractivity contribution in [3.63, 3.8) is 0 Å². The highest BCUT2D eigenvalue weighted by Crippen LogP contribution is 2.27. The zero-order valence-electron chi connectivity index (χ0n) is 9.69. The smallest absolute Gasteiger partial charge is 0.306 e. The molecule has 0 spiro atoms. The van der Waals surface area contributed by atoms with Gasteiger partial charge in [-0.3, -0.25) is 4.79 Å². The summed E-state index contributed by atoms with van der Waals surface area (Å²) in [5.74, 6) is -0.412. The molecule has 1 aromatic carbocycles. The van der Waals surface area contributed by atoms with Crippen molar-refractivity contribution < 1.29 is 14.6 Å². The van der Waals surface area contributed by atoms with Gasteiger partial charge in [0.2, 0.25) is 0 Å². The summed E-state index contributed by atoms with van der Waals surface area (Å²) >= 11 is 1.64. The monoisotopic (exact) mass is 240 g/mol. The Morgan fingerprint density at radius 2 is 2.25 bits per heavy atom. The molecule has 0 fully saturated rings. The molecular weight excluding hydrogens is 224 g/mol. The maximum atomic E-state index is 10.8. The number of carbonyl (C=O) groups is 1. The quantitative estimate of drug-likeness (QED) is 0.804. The summed E-state index contributed by atoms with van der Waals surface area (Å²) in [7, 11) is 1.61. The number of carboxylic acids is 1. The third-order valence-electron chi connectivity index (χ3n) is 2.44. The van der Waals surface area contributed by atoms with Crippen molar-refractivity contribution in [1.29, 1.82) is 0 Å². The van der Waals surface area contributed by atoms with Crippen molar-refractivity contribution in [3.8, 4) is 5.75 Å². The molecule has 1 aromatic rings. The lowest BCUT2D eigenvalue weighted by atomic mass is 10.0. The molecule has 0 aromatic heterocycles. The van der Waals surface area contributed by atoms with Gasteiger partial charge in [-0.2, -0.15) is 0 Å². The molecule has 4 heteroatoms. The third-order valence-corrected chi connectivity index (χ3v) is 3.17. The van der Waals surface area contributed by atoms with Gasteiger partial charge >= 0.3 is 5.97 Å². The number of thioether (sulfide) groups is 1. The fraction of sp³-hybridized carbons (Fsp3) is 0.417. The molecule has 0 aliphatic rings. The second-order valence-corrected chi connectivity index (χ2v) is 4.50. The van der Waals surface area contributed by atoms with E-state index in [0.717, 1.165) is 16.2 Å². The Labute approximate surface area is 99.8 Å². The lowest BCUT2D eigenvalue weighted by Gasteiger charge is -2.12. The number of ether oxygens (including phenoxy) is 1. The number of benzene rings is 1. The Morgan fingerprint density at radius 3 is 2.75 bits per heavy atom. The molecule has 1 N–H and O–H groups in total. The summed E-state index contributed by atoms with van der Waals surface area (Å²) in [6.45, 7) is 1.70. The number of aliphatic carboxylic acids is 1. The Balaban J connectivity index is 2.91. The average molecular weight is 240 g/mol. The van der Waals surface area contributed by atoms with Crippen LogP contribution in [-0.4, -0.2) is 24.4 Å². The molecule has 1 rings (SSSR count). The van der Waals surface area contributed by atoms with Gasteiger partial charge in [-0.15, -0.1) is 11.8 Å². The highest BCUT2D eigenvalue weighted by atomic mass is 32.2. The number of rotatable bonds is 5. The van der Waals surface area contributed by atoms with Crippen molar-refractivity contribution in [2.75, 3.05) is 13.4 Å². The predicted molar refractivity (Wildman–Crippen MR) is 65.3 cm³/mol. The summed E-state index contributed by atoms with van der Waals surface area (Å²) in [4.78, 5) is 11.9. The van der Waals surface area contributed by atoms with Crippen LogP contribution < -0.4 is 4.74 Å². The van der Waals surface area contributed by atoms with E-state index in [9.17, 15) is 4.79 Å². The largest absolute Gasteiger partial charge is 0.496 e. The molecule has 0 bridgehead atoms. The van der Waals surface area contributed by atoms with Crippen LogP contribution in [-0.2, 0) is 11.2 Å². The first-order chi connectivity index (χ1) is 7.58. The normalized spacial score (nSPS) is 12.2. The van der Waals surface area contributed by atoms with E-state index >= 15 is 0 Å². The van der Waals surface area contributed by atoms with Crippen molar-refractivity contribution in [3.05, 3.63) is 23.8 Å². The van der Waals surface area contributed by atoms with Crippen LogP contribution in [0.15, 0.2) is 23.1 Å². The van der Waals surface area contributed by atoms with Gasteiger partial charge < -0.3 is 9.84 Å². The predicted octanol–water partition coefficient (Wildman–Crippen LogP) is 2.68. The van der Waals surface area contributed by atoms with Crippen LogP contribution in [0.3, 0.4) is 0 Å². The van der Waals surface area contributed by atoms with Crippen LogP contribution in [0.25, 0.3) is 0 Å². The highest BCUT2D eigenvalue weighted by molar-refractivity contribution is 7.98. The van der Waals surface area contributed by atoms with E-state index in [1.165, 1.54) is 0 Å². The van der Waals surface area contributed by atoms with Gasteiger partial charge in [0.05, 0.1) is 13.0 Å². The standard InChI is InChI=1S/C12H16O3S/c1-8(12(13)14)6-9-4-5-10(16-3)7-11(9)15-2/h4-5,7-8H,6H2,1-3H3,(H,13,14). The summed E-state index contributed by atoms with van der Waals surface area (Å²) in [6, 6.07) is 5.86. The zero-order chi connectivity index (χ0) is 12.1. The van der Waals surface area contributed by atoms with Crippen molar-refractivity contribution in [1.82, 2.24) is 0 Å². The first-order valence-electron chi connectivity index (χ1n) is 5.02. The van der Waals surface area contributed by atoms with E-state index in [-0.39, 0.29) is 0 Å². The number of hydrogen-bond donors (Lipinski definition) is 1. The fourth-order valence-corrected chi connectivity index (χ4v) is 1.87. The van der Waals surface area contributed by atoms with Crippen LogP contribution in [0.1, 0.15) is 12.5 Å². The van der Waals surface area contributed by atoms with Gasteiger partial charge in [-0.05, 0) is 30.4 Å². The molecule has 3 nitrogen and oxygen atoms in total. The molecule has 0 saturated carbocycles. The summed E-state index contributed by atoms with van der Waals surface area (Å²) < 4.78 is 5.26. The maximum Gasteiger partial charge on any atom is 0.306 e. The SMILES string of the molecule is COc1cc(SC)ccc1CC(C)C(=O)O. The molecule has 1 unspecified atom stereocenters. The Morgan fingerprint density at radius 1 is 1.56 bits per heavy atom. The molecule has 0 saturated heterocycles. The summed E-state index contributed by atoms with van der Waals surface area (Å²) in [5.41, 5.74) is 0.940. The van der Waals surface area contributed by atoms with E-state index < -0.39 is 11.9 Å². The summed E-state index contributed by atoms with van der Waals surface area (Å²) in [6.07, 6.45) is 2.49. The second kappa shape index (κ2) is 5.80. The Bertz CT molecular complexity index is 377. The number of methoxy groups -OCH3 is 1. The van der Waals surface area contributed by atoms with E-state index in [1.807, 2.05) is 24.5 Å². The molecule has 1 atom stereocenters. The van der Waals surface area contributed by atoms with Crippen LogP contribution in [0, 0.1) is 5.92 Å². The zero-order valence-corrected chi connectivity index (χ0v) is 10.5. The van der Waals surface area contributed by atoms with Crippen molar-refractivity contribution in [2.24, 2.45) is 5.92 Å². The minimum Gasteiger partial charge on any atom is -0.496 e. The fourth-order valence-electron chi connectivity index (χ4n) is 1.44. The Kier molecular flexibility index (Phi) is 4.68. The number of hydrogen-bond acceptors (Lipinski definition) is 3. The van der Waals surface area contributed by atoms with Crippen LogP contribution in [0.5, 0.6) is 5.75 Å². The van der Waals surface area contributed by atoms with Crippen molar-refractivity contribution in [2.45, 2.75) is 18.2 Å². The summed E-state index contributed by atoms with van der Waals surface area (Å²) in [5, 5.41) is 8.86. The molecule has 0 radical (unpaired) electrons. The molecule has 0 heterocycles. The Hall–Kier alpha value is -1.16. The van der Waals surface area contributed by atoms with E-state index in [1.54, 1.807) is 25.8 Å². The van der Waals surface area contributed by atoms with E-state index in [0.29, 0.717) is 6.42 Å². The molecule has 0 aliphatic carbocycles. The lowest BCUT2D eigenvalue weighted by Crippen LogP contribution is -2.12. The van der Waals surface area contributed by atoms with Gasteiger partial charge in [0, 0.05) is 4.90 Å². The van der Waals surface area contributed by atoms with Crippen LogP contribution >= 0.6 is 11.8 Å². The third kappa shape index (κ3) is 3.17. The number of carboxylic acid groups (broad SMARTS) is 1. The second-order valence-electron chi connectivity index (χ2n) is 3.62. The van der Waals surface area contributed by atoms with E-state index in [2.05, 4.69) is 0 Å². The minimum absolute atomic E-state index is 0.394. The molecule has 16 heavy (non-hydrogen) atoms. The molecule has 88 valence electrons. The van der Waals surface area contributed by atoms with E-state index in [4.69, 9.17) is 9.84 Å². The van der Waals surface area contributed by atoms with Gasteiger partial charge in [-0.1, -0.05) is 13.0 Å². The molecular formula is C12H16O3S. The van der Waals surface area contributed by atoms with Crippen LogP contribution in [0.2, 0.25) is 0 Å². The first kappa shape index (κ1) is 12.9. The topological polar surface area (TPSA) is 46.5 Å². The van der Waals surface area contributed by atoms with Gasteiger partial charge in [0.15, 0.2) is 0 Å². The van der Waals surface area contributed by atoms with Gasteiger partial charge in [0.1, 0.15) is 5.75 Å². The van der Waals surface area contributed by atoms with Gasteiger partial charge in [-0.25, -0.2) is 0 Å². The molecule has 0 aliphatic heterocycles. The van der Waals surface area contributed by atoms with Gasteiger partial charge in [0.25, 0.3) is 0 Å². The average Bonchev–Trinajstić information content (AvgIpc) is 2.29.